The lowest BCUT2D eigenvalue weighted by molar-refractivity contribution is 0.986. The van der Waals surface area contributed by atoms with Crippen molar-refractivity contribution in [2.24, 2.45) is 0 Å². The van der Waals surface area contributed by atoms with Crippen LogP contribution in [-0.4, -0.2) is 11.3 Å². The molecule has 0 N–H and O–H groups in total. The molecular formula is C4H5Cl2N. The Labute approximate surface area is 52.8 Å². The molecule has 3 heteroatoms. The number of hydrogen-bond donors (Lipinski definition) is 0. The first kappa shape index (κ1) is 7.07. The van der Waals surface area contributed by atoms with Crippen LogP contribution in [0.15, 0.2) is 0 Å². The Kier molecular flexibility index (Phi) is 4.28. The minimum atomic E-state index is -0.174. The van der Waals surface area contributed by atoms with Gasteiger partial charge in [-0.1, -0.05) is 0 Å². The summed E-state index contributed by atoms with van der Waals surface area (Å²) in [6, 6.07) is 1.90. The average molecular weight is 138 g/mol. The molecule has 0 saturated heterocycles. The molecule has 7 heavy (non-hydrogen) atoms. The van der Waals surface area contributed by atoms with Crippen LogP contribution in [0, 0.1) is 11.3 Å². The van der Waals surface area contributed by atoms with Crippen LogP contribution in [0.4, 0.5) is 0 Å². The molecule has 0 aromatic rings. The van der Waals surface area contributed by atoms with E-state index in [4.69, 9.17) is 28.5 Å². The van der Waals surface area contributed by atoms with Crippen molar-refractivity contribution in [3.05, 3.63) is 0 Å². The van der Waals surface area contributed by atoms with Gasteiger partial charge in [-0.3, -0.25) is 0 Å². The van der Waals surface area contributed by atoms with Crippen LogP contribution in [0.2, 0.25) is 0 Å². The largest absolute Gasteiger partial charge is 0.198 e. The first-order chi connectivity index (χ1) is 3.31. The van der Waals surface area contributed by atoms with E-state index in [1.165, 1.54) is 0 Å². The molecule has 0 aromatic carbocycles. The van der Waals surface area contributed by atoms with E-state index in [0.29, 0.717) is 12.3 Å². The van der Waals surface area contributed by atoms with Gasteiger partial charge in [0.05, 0.1) is 17.9 Å². The molecule has 1 unspecified atom stereocenters. The maximum atomic E-state index is 7.97. The number of nitrogens with zero attached hydrogens (tertiary/aromatic N) is 1. The SMILES string of the molecule is N#CCC(Cl)CCl. The average Bonchev–Trinajstić information content (AvgIpc) is 1.68. The van der Waals surface area contributed by atoms with E-state index in [2.05, 4.69) is 0 Å². The highest BCUT2D eigenvalue weighted by molar-refractivity contribution is 6.28. The maximum Gasteiger partial charge on any atom is 0.0637 e. The normalized spacial score (nSPS) is 12.7. The predicted octanol–water partition coefficient (Wildman–Crippen LogP) is 1.75. The topological polar surface area (TPSA) is 23.8 Å². The molecule has 0 amide bonds. The molecule has 0 fully saturated rings. The van der Waals surface area contributed by atoms with Crippen molar-refractivity contribution in [1.82, 2.24) is 0 Å². The number of nitriles is 1. The number of rotatable bonds is 2. The van der Waals surface area contributed by atoms with Crippen molar-refractivity contribution in [1.29, 1.82) is 5.26 Å². The molecule has 40 valence electrons. The Morgan fingerprint density at radius 1 is 1.71 bits per heavy atom. The van der Waals surface area contributed by atoms with Gasteiger partial charge in [-0.25, -0.2) is 0 Å². The second-order valence-corrected chi connectivity index (χ2v) is 2.04. The van der Waals surface area contributed by atoms with Crippen LogP contribution in [0.25, 0.3) is 0 Å². The van der Waals surface area contributed by atoms with Crippen LogP contribution in [0.1, 0.15) is 6.42 Å². The number of hydrogen-bond acceptors (Lipinski definition) is 1. The molecule has 0 bridgehead atoms. The molecule has 0 saturated carbocycles. The van der Waals surface area contributed by atoms with Gasteiger partial charge < -0.3 is 0 Å². The van der Waals surface area contributed by atoms with Gasteiger partial charge in [0, 0.05) is 5.88 Å². The highest BCUT2D eigenvalue weighted by Crippen LogP contribution is 2.01. The van der Waals surface area contributed by atoms with Gasteiger partial charge >= 0.3 is 0 Å². The van der Waals surface area contributed by atoms with Crippen LogP contribution in [0.5, 0.6) is 0 Å². The summed E-state index contributed by atoms with van der Waals surface area (Å²) in [6.07, 6.45) is 0.338. The Balaban J connectivity index is 3.03. The summed E-state index contributed by atoms with van der Waals surface area (Å²) >= 11 is 10.7. The summed E-state index contributed by atoms with van der Waals surface area (Å²) in [5.41, 5.74) is 0. The lowest BCUT2D eigenvalue weighted by Crippen LogP contribution is -1.96. The Morgan fingerprint density at radius 2 is 2.29 bits per heavy atom. The quantitative estimate of drug-likeness (QED) is 0.533. The van der Waals surface area contributed by atoms with E-state index in [-0.39, 0.29) is 5.38 Å². The molecule has 0 aliphatic carbocycles. The minimum absolute atomic E-state index is 0.174. The van der Waals surface area contributed by atoms with Gasteiger partial charge in [-0.2, -0.15) is 5.26 Å². The van der Waals surface area contributed by atoms with Gasteiger partial charge in [0.25, 0.3) is 0 Å². The van der Waals surface area contributed by atoms with Crippen molar-refractivity contribution < 1.29 is 0 Å². The van der Waals surface area contributed by atoms with Gasteiger partial charge in [-0.05, 0) is 0 Å². The Bertz CT molecular complexity index is 76.2. The molecule has 0 spiro atoms. The zero-order valence-corrected chi connectivity index (χ0v) is 5.21. The predicted molar refractivity (Wildman–Crippen MR) is 30.6 cm³/mol. The highest BCUT2D eigenvalue weighted by atomic mass is 35.5. The lowest BCUT2D eigenvalue weighted by Gasteiger charge is -1.92. The zero-order chi connectivity index (χ0) is 5.70. The smallest absolute Gasteiger partial charge is 0.0637 e. The second-order valence-electron chi connectivity index (χ2n) is 1.11. The van der Waals surface area contributed by atoms with Gasteiger partial charge in [0.1, 0.15) is 0 Å². The van der Waals surface area contributed by atoms with E-state index >= 15 is 0 Å². The van der Waals surface area contributed by atoms with Gasteiger partial charge in [-0.15, -0.1) is 23.2 Å². The molecular weight excluding hydrogens is 133 g/mol. The van der Waals surface area contributed by atoms with Gasteiger partial charge in [0.2, 0.25) is 0 Å². The second kappa shape index (κ2) is 4.23. The standard InChI is InChI=1S/C4H5Cl2N/c5-3-4(6)1-2-7/h4H,1,3H2. The van der Waals surface area contributed by atoms with E-state index in [0.717, 1.165) is 0 Å². The molecule has 0 aromatic heterocycles. The maximum absolute atomic E-state index is 7.97. The van der Waals surface area contributed by atoms with Crippen molar-refractivity contribution in [3.8, 4) is 6.07 Å². The third kappa shape index (κ3) is 3.91. The molecule has 1 nitrogen and oxygen atoms in total. The Hall–Kier alpha value is 0.0700. The van der Waals surface area contributed by atoms with Crippen LogP contribution in [-0.2, 0) is 0 Å². The van der Waals surface area contributed by atoms with Crippen molar-refractivity contribution in [3.63, 3.8) is 0 Å². The van der Waals surface area contributed by atoms with E-state index < -0.39 is 0 Å². The third-order valence-corrected chi connectivity index (χ3v) is 1.32. The van der Waals surface area contributed by atoms with E-state index in [9.17, 15) is 0 Å². The lowest BCUT2D eigenvalue weighted by atomic mass is 10.4. The van der Waals surface area contributed by atoms with Crippen LogP contribution < -0.4 is 0 Å². The zero-order valence-electron chi connectivity index (χ0n) is 3.69. The van der Waals surface area contributed by atoms with Crippen LogP contribution >= 0.6 is 23.2 Å². The summed E-state index contributed by atoms with van der Waals surface area (Å²) in [6.45, 7) is 0. The van der Waals surface area contributed by atoms with Crippen LogP contribution in [0.3, 0.4) is 0 Å². The highest BCUT2D eigenvalue weighted by Gasteiger charge is 1.97. The molecule has 0 radical (unpaired) electrons. The number of halogens is 2. The summed E-state index contributed by atoms with van der Waals surface area (Å²) in [4.78, 5) is 0. The summed E-state index contributed by atoms with van der Waals surface area (Å²) in [7, 11) is 0. The molecule has 0 rings (SSSR count). The van der Waals surface area contributed by atoms with Crippen molar-refractivity contribution in [2.45, 2.75) is 11.8 Å². The van der Waals surface area contributed by atoms with Gasteiger partial charge in [0.15, 0.2) is 0 Å². The van der Waals surface area contributed by atoms with Crippen molar-refractivity contribution >= 4 is 23.2 Å². The fourth-order valence-corrected chi connectivity index (χ4v) is 0.332. The molecule has 1 atom stereocenters. The molecule has 0 aliphatic heterocycles. The third-order valence-electron chi connectivity index (χ3n) is 0.480. The molecule has 0 aliphatic rings. The fraction of sp³-hybridized carbons (Fsp3) is 0.750. The number of alkyl halides is 2. The summed E-state index contributed by atoms with van der Waals surface area (Å²) in [5.74, 6) is 0.356. The molecule has 0 heterocycles. The summed E-state index contributed by atoms with van der Waals surface area (Å²) in [5, 5.41) is 7.80. The minimum Gasteiger partial charge on any atom is -0.198 e. The monoisotopic (exact) mass is 137 g/mol. The van der Waals surface area contributed by atoms with E-state index in [1.54, 1.807) is 0 Å². The van der Waals surface area contributed by atoms with Crippen molar-refractivity contribution in [2.75, 3.05) is 5.88 Å². The van der Waals surface area contributed by atoms with E-state index in [1.807, 2.05) is 6.07 Å². The first-order valence-corrected chi connectivity index (χ1v) is 2.85. The Morgan fingerprint density at radius 3 is 2.43 bits per heavy atom. The first-order valence-electron chi connectivity index (χ1n) is 1.88. The summed E-state index contributed by atoms with van der Waals surface area (Å²) < 4.78 is 0. The fourth-order valence-electron chi connectivity index (χ4n) is 0.154.